The van der Waals surface area contributed by atoms with Gasteiger partial charge in [0.05, 0.1) is 29.9 Å². The van der Waals surface area contributed by atoms with Gasteiger partial charge in [-0.2, -0.15) is 0 Å². The number of carbonyl (C=O) groups is 2. The monoisotopic (exact) mass is 758 g/mol. The first kappa shape index (κ1) is 27.9. The number of likely N-dealkylation sites (N-methyl/N-ethyl adjacent to an activating group) is 1. The van der Waals surface area contributed by atoms with Crippen LogP contribution in [0.5, 0.6) is 5.75 Å². The molecular weight excluding hydrogens is 738 g/mol. The lowest BCUT2D eigenvalue weighted by molar-refractivity contribution is -0.121. The Hall–Kier alpha value is -2.09. The van der Waals surface area contributed by atoms with Crippen molar-refractivity contribution < 1.29 is 19.1 Å². The third kappa shape index (κ3) is 7.06. The van der Waals surface area contributed by atoms with E-state index >= 15 is 0 Å². The number of thioether (sulfide) groups is 1. The van der Waals surface area contributed by atoms with Crippen LogP contribution in [0.15, 0.2) is 70.6 Å². The van der Waals surface area contributed by atoms with Crippen LogP contribution in [-0.4, -0.2) is 35.6 Å². The zero-order chi connectivity index (χ0) is 26.5. The highest BCUT2D eigenvalue weighted by atomic mass is 127. The number of carbonyl (C=O) groups excluding carboxylic acids is 2. The molecule has 1 aliphatic heterocycles. The second kappa shape index (κ2) is 12.6. The Bertz CT molecular complexity index is 1370. The van der Waals surface area contributed by atoms with E-state index in [-0.39, 0.29) is 11.9 Å². The maximum absolute atomic E-state index is 12.9. The van der Waals surface area contributed by atoms with Gasteiger partial charge in [0.1, 0.15) is 12.4 Å². The third-order valence-corrected chi connectivity index (χ3v) is 8.14. The summed E-state index contributed by atoms with van der Waals surface area (Å²) in [4.78, 5) is 31.5. The fraction of sp³-hybridized carbons (Fsp3) is 0.148. The van der Waals surface area contributed by atoms with Gasteiger partial charge in [-0.1, -0.05) is 23.7 Å². The van der Waals surface area contributed by atoms with Crippen LogP contribution >= 0.6 is 68.5 Å². The topological polar surface area (TPSA) is 68.2 Å². The Balaban J connectivity index is 1.49. The summed E-state index contributed by atoms with van der Waals surface area (Å²) in [7, 11) is 1.70. The van der Waals surface area contributed by atoms with Gasteiger partial charge in [0.25, 0.3) is 5.91 Å². The fourth-order valence-corrected chi connectivity index (χ4v) is 6.58. The lowest BCUT2D eigenvalue weighted by Crippen LogP contribution is -2.23. The number of hydrogen-bond acceptors (Lipinski definition) is 6. The van der Waals surface area contributed by atoms with E-state index in [0.717, 1.165) is 24.0 Å². The molecule has 0 saturated carbocycles. The molecule has 3 aromatic rings. The highest BCUT2D eigenvalue weighted by molar-refractivity contribution is 14.1. The van der Waals surface area contributed by atoms with Crippen molar-refractivity contribution in [2.75, 3.05) is 13.7 Å². The van der Waals surface area contributed by atoms with E-state index in [9.17, 15) is 9.59 Å². The summed E-state index contributed by atoms with van der Waals surface area (Å²) in [5.74, 6) is 0.300. The molecule has 10 heteroatoms. The van der Waals surface area contributed by atoms with Crippen molar-refractivity contribution >= 4 is 97.4 Å². The van der Waals surface area contributed by atoms with Gasteiger partial charge < -0.3 is 9.47 Å². The Morgan fingerprint density at radius 3 is 2.35 bits per heavy atom. The molecule has 3 aromatic carbocycles. The minimum Gasteiger partial charge on any atom is -0.487 e. The van der Waals surface area contributed by atoms with Crippen molar-refractivity contribution in [2.24, 2.45) is 4.99 Å². The van der Waals surface area contributed by atoms with Crippen molar-refractivity contribution in [1.29, 1.82) is 0 Å². The van der Waals surface area contributed by atoms with Crippen molar-refractivity contribution in [3.63, 3.8) is 0 Å². The standard InChI is InChI=1S/C27H21ClI2N2O4S/c1-3-35-26(34)18-6-10-20(11-7-18)31-27-32(2)25(33)23(37-27)14-17-12-21(29)24(22(30)13-17)36-15-16-4-8-19(28)9-5-16/h4-14H,3,15H2,1-2H3. The van der Waals surface area contributed by atoms with E-state index < -0.39 is 0 Å². The number of hydrogen-bond donors (Lipinski definition) is 0. The number of halogens is 3. The van der Waals surface area contributed by atoms with E-state index in [1.54, 1.807) is 38.2 Å². The quantitative estimate of drug-likeness (QED) is 0.142. The molecule has 1 aliphatic rings. The molecular formula is C27H21ClI2N2O4S. The van der Waals surface area contributed by atoms with Gasteiger partial charge in [-0.15, -0.1) is 0 Å². The van der Waals surface area contributed by atoms with Crippen LogP contribution < -0.4 is 4.74 Å². The summed E-state index contributed by atoms with van der Waals surface area (Å²) < 4.78 is 13.0. The van der Waals surface area contributed by atoms with E-state index in [1.165, 1.54) is 16.7 Å². The van der Waals surface area contributed by atoms with Gasteiger partial charge in [-0.3, -0.25) is 9.69 Å². The van der Waals surface area contributed by atoms with Crippen LogP contribution in [0, 0.1) is 7.14 Å². The van der Waals surface area contributed by atoms with Crippen LogP contribution in [0.1, 0.15) is 28.4 Å². The molecule has 0 bridgehead atoms. The molecule has 4 rings (SSSR count). The van der Waals surface area contributed by atoms with Crippen LogP contribution in [0.25, 0.3) is 6.08 Å². The molecule has 0 aromatic heterocycles. The maximum Gasteiger partial charge on any atom is 0.338 e. The van der Waals surface area contributed by atoms with Crippen molar-refractivity contribution in [1.82, 2.24) is 4.90 Å². The Kier molecular flexibility index (Phi) is 9.54. The molecule has 0 N–H and O–H groups in total. The molecule has 1 saturated heterocycles. The summed E-state index contributed by atoms with van der Waals surface area (Å²) >= 11 is 11.8. The zero-order valence-electron chi connectivity index (χ0n) is 19.8. The zero-order valence-corrected chi connectivity index (χ0v) is 25.7. The summed E-state index contributed by atoms with van der Waals surface area (Å²) in [5, 5.41) is 1.25. The Morgan fingerprint density at radius 1 is 1.08 bits per heavy atom. The van der Waals surface area contributed by atoms with Crippen molar-refractivity contribution in [2.45, 2.75) is 13.5 Å². The van der Waals surface area contributed by atoms with Gasteiger partial charge in [0, 0.05) is 12.1 Å². The highest BCUT2D eigenvalue weighted by Crippen LogP contribution is 2.35. The van der Waals surface area contributed by atoms with Crippen LogP contribution in [0.2, 0.25) is 5.02 Å². The molecule has 0 unspecified atom stereocenters. The molecule has 190 valence electrons. The van der Waals surface area contributed by atoms with E-state index in [4.69, 9.17) is 21.1 Å². The number of benzene rings is 3. The molecule has 1 amide bonds. The van der Waals surface area contributed by atoms with E-state index in [2.05, 4.69) is 50.2 Å². The lowest BCUT2D eigenvalue weighted by atomic mass is 10.2. The maximum atomic E-state index is 12.9. The summed E-state index contributed by atoms with van der Waals surface area (Å²) in [6.07, 6.45) is 1.86. The summed E-state index contributed by atoms with van der Waals surface area (Å²) in [6, 6.07) is 18.3. The van der Waals surface area contributed by atoms with Gasteiger partial charge in [0.2, 0.25) is 0 Å². The van der Waals surface area contributed by atoms with Gasteiger partial charge >= 0.3 is 5.97 Å². The molecule has 6 nitrogen and oxygen atoms in total. The number of amidine groups is 1. The van der Waals surface area contributed by atoms with Crippen LogP contribution in [-0.2, 0) is 16.1 Å². The lowest BCUT2D eigenvalue weighted by Gasteiger charge is -2.12. The average molecular weight is 759 g/mol. The fourth-order valence-electron chi connectivity index (χ4n) is 3.34. The first-order chi connectivity index (χ1) is 17.7. The predicted molar refractivity (Wildman–Crippen MR) is 165 cm³/mol. The number of amides is 1. The molecule has 0 aliphatic carbocycles. The number of aliphatic imine (C=N–C) groups is 1. The van der Waals surface area contributed by atoms with E-state index in [0.29, 0.717) is 39.6 Å². The van der Waals surface area contributed by atoms with Gasteiger partial charge in [0.15, 0.2) is 5.17 Å². The number of nitrogens with zero attached hydrogens (tertiary/aromatic N) is 2. The molecule has 37 heavy (non-hydrogen) atoms. The van der Waals surface area contributed by atoms with Crippen LogP contribution in [0.3, 0.4) is 0 Å². The second-order valence-corrected chi connectivity index (χ2v) is 11.6. The number of rotatable bonds is 7. The molecule has 0 atom stereocenters. The number of esters is 1. The largest absolute Gasteiger partial charge is 0.487 e. The normalized spacial score (nSPS) is 15.5. The minimum absolute atomic E-state index is 0.125. The smallest absolute Gasteiger partial charge is 0.338 e. The number of ether oxygens (including phenoxy) is 2. The molecule has 0 radical (unpaired) electrons. The van der Waals surface area contributed by atoms with Crippen LogP contribution in [0.4, 0.5) is 5.69 Å². The molecule has 1 heterocycles. The van der Waals surface area contributed by atoms with E-state index in [1.807, 2.05) is 42.5 Å². The predicted octanol–water partition coefficient (Wildman–Crippen LogP) is 7.54. The Morgan fingerprint density at radius 2 is 1.73 bits per heavy atom. The van der Waals surface area contributed by atoms with Crippen molar-refractivity contribution in [3.8, 4) is 5.75 Å². The second-order valence-electron chi connectivity index (χ2n) is 7.87. The summed E-state index contributed by atoms with van der Waals surface area (Å²) in [5.41, 5.74) is 3.03. The summed E-state index contributed by atoms with van der Waals surface area (Å²) in [6.45, 7) is 2.52. The molecule has 1 fully saturated rings. The Labute approximate surface area is 251 Å². The SMILES string of the molecule is CCOC(=O)c1ccc(N=C2SC(=Cc3cc(I)c(OCc4ccc(Cl)cc4)c(I)c3)C(=O)N2C)cc1. The molecule has 0 spiro atoms. The van der Waals surface area contributed by atoms with Gasteiger partial charge in [-0.25, -0.2) is 9.79 Å². The highest BCUT2D eigenvalue weighted by Gasteiger charge is 2.30. The first-order valence-corrected chi connectivity index (χ1v) is 14.5. The first-order valence-electron chi connectivity index (χ1n) is 11.1. The third-order valence-electron chi connectivity index (χ3n) is 5.22. The minimum atomic E-state index is -0.375. The van der Waals surface area contributed by atoms with Crippen molar-refractivity contribution in [3.05, 3.63) is 94.4 Å². The van der Waals surface area contributed by atoms with Gasteiger partial charge in [-0.05, 0) is 130 Å². The average Bonchev–Trinajstić information content (AvgIpc) is 3.12.